The van der Waals surface area contributed by atoms with Crippen molar-refractivity contribution >= 4 is 5.78 Å². The molecule has 98 valence electrons. The van der Waals surface area contributed by atoms with Gasteiger partial charge in [0.2, 0.25) is 5.89 Å². The van der Waals surface area contributed by atoms with Gasteiger partial charge in [-0.05, 0) is 32.3 Å². The largest absolute Gasteiger partial charge is 0.339 e. The zero-order valence-corrected chi connectivity index (χ0v) is 11.1. The van der Waals surface area contributed by atoms with E-state index in [-0.39, 0.29) is 17.1 Å². The summed E-state index contributed by atoms with van der Waals surface area (Å²) in [6, 6.07) is 10.2. The lowest BCUT2D eigenvalue weighted by molar-refractivity contribution is -0.118. The number of carbonyl (C=O) groups is 1. The lowest BCUT2D eigenvalue weighted by Crippen LogP contribution is -2.11. The zero-order chi connectivity index (χ0) is 13.5. The van der Waals surface area contributed by atoms with Gasteiger partial charge >= 0.3 is 0 Å². The van der Waals surface area contributed by atoms with Crippen molar-refractivity contribution in [2.24, 2.45) is 0 Å². The van der Waals surface area contributed by atoms with Crippen LogP contribution in [0.3, 0.4) is 0 Å². The Labute approximate surface area is 111 Å². The molecule has 0 N–H and O–H groups in total. The van der Waals surface area contributed by atoms with Crippen LogP contribution >= 0.6 is 0 Å². The zero-order valence-electron chi connectivity index (χ0n) is 11.1. The summed E-state index contributed by atoms with van der Waals surface area (Å²) < 4.78 is 5.25. The minimum Gasteiger partial charge on any atom is -0.339 e. The average molecular weight is 256 g/mol. The topological polar surface area (TPSA) is 56.0 Å². The highest BCUT2D eigenvalue weighted by Crippen LogP contribution is 2.52. The predicted octanol–water partition coefficient (Wildman–Crippen LogP) is 2.84. The van der Waals surface area contributed by atoms with E-state index in [4.69, 9.17) is 4.52 Å². The Morgan fingerprint density at radius 1 is 1.32 bits per heavy atom. The van der Waals surface area contributed by atoms with Gasteiger partial charge in [-0.25, -0.2) is 0 Å². The molecule has 0 amide bonds. The molecule has 0 aliphatic heterocycles. The van der Waals surface area contributed by atoms with Crippen LogP contribution in [0.4, 0.5) is 0 Å². The molecule has 0 bridgehead atoms. The lowest BCUT2D eigenvalue weighted by atomic mass is 9.95. The molecule has 3 rings (SSSR count). The van der Waals surface area contributed by atoms with Crippen molar-refractivity contribution < 1.29 is 9.32 Å². The van der Waals surface area contributed by atoms with E-state index in [0.29, 0.717) is 11.7 Å². The Balaban J connectivity index is 1.94. The van der Waals surface area contributed by atoms with Crippen LogP contribution in [-0.4, -0.2) is 15.9 Å². The van der Waals surface area contributed by atoms with Crippen LogP contribution in [0.2, 0.25) is 0 Å². The maximum atomic E-state index is 11.4. The van der Waals surface area contributed by atoms with Gasteiger partial charge in [-0.15, -0.1) is 0 Å². The average Bonchev–Trinajstić information content (AvgIpc) is 3.10. The third-order valence-corrected chi connectivity index (χ3v) is 3.93. The third-order valence-electron chi connectivity index (χ3n) is 3.93. The SMILES string of the molecule is CC(=O)C(C)c1nc(C2(c3ccccc3)CC2)no1. The van der Waals surface area contributed by atoms with Gasteiger partial charge in [-0.3, -0.25) is 4.79 Å². The Morgan fingerprint density at radius 2 is 2.00 bits per heavy atom. The molecule has 4 heteroatoms. The number of rotatable bonds is 4. The van der Waals surface area contributed by atoms with E-state index in [1.807, 2.05) is 18.2 Å². The smallest absolute Gasteiger partial charge is 0.236 e. The number of aromatic nitrogens is 2. The van der Waals surface area contributed by atoms with Crippen molar-refractivity contribution in [3.8, 4) is 0 Å². The molecule has 1 aromatic carbocycles. The summed E-state index contributed by atoms with van der Waals surface area (Å²) >= 11 is 0. The highest BCUT2D eigenvalue weighted by molar-refractivity contribution is 5.81. The van der Waals surface area contributed by atoms with E-state index >= 15 is 0 Å². The van der Waals surface area contributed by atoms with Gasteiger partial charge in [0.05, 0.1) is 11.3 Å². The fraction of sp³-hybridized carbons (Fsp3) is 0.400. The van der Waals surface area contributed by atoms with Gasteiger partial charge in [0.15, 0.2) is 5.82 Å². The minimum atomic E-state index is -0.326. The first-order chi connectivity index (χ1) is 9.13. The first-order valence-electron chi connectivity index (χ1n) is 6.53. The van der Waals surface area contributed by atoms with E-state index in [1.165, 1.54) is 5.56 Å². The normalized spacial score (nSPS) is 18.0. The number of hydrogen-bond donors (Lipinski definition) is 0. The molecular formula is C15H16N2O2. The summed E-state index contributed by atoms with van der Waals surface area (Å²) in [7, 11) is 0. The molecule has 1 heterocycles. The summed E-state index contributed by atoms with van der Waals surface area (Å²) in [6.07, 6.45) is 2.06. The van der Waals surface area contributed by atoms with Crippen LogP contribution in [0.1, 0.15) is 49.9 Å². The number of benzene rings is 1. The van der Waals surface area contributed by atoms with E-state index < -0.39 is 0 Å². The second kappa shape index (κ2) is 4.30. The van der Waals surface area contributed by atoms with E-state index in [1.54, 1.807) is 13.8 Å². The Morgan fingerprint density at radius 3 is 2.58 bits per heavy atom. The van der Waals surface area contributed by atoms with Crippen LogP contribution in [0.15, 0.2) is 34.9 Å². The van der Waals surface area contributed by atoms with Gasteiger partial charge in [-0.2, -0.15) is 4.98 Å². The van der Waals surface area contributed by atoms with E-state index in [0.717, 1.165) is 12.8 Å². The summed E-state index contributed by atoms with van der Waals surface area (Å²) in [5, 5.41) is 4.09. The monoisotopic (exact) mass is 256 g/mol. The van der Waals surface area contributed by atoms with Crippen LogP contribution in [0, 0.1) is 0 Å². The first kappa shape index (κ1) is 12.1. The molecule has 19 heavy (non-hydrogen) atoms. The molecule has 1 unspecified atom stereocenters. The summed E-state index contributed by atoms with van der Waals surface area (Å²) in [5.74, 6) is 0.846. The Hall–Kier alpha value is -1.97. The molecule has 1 aliphatic rings. The van der Waals surface area contributed by atoms with Crippen molar-refractivity contribution in [3.05, 3.63) is 47.6 Å². The number of hydrogen-bond acceptors (Lipinski definition) is 4. The quantitative estimate of drug-likeness (QED) is 0.844. The third kappa shape index (κ3) is 1.97. The molecule has 2 aromatic rings. The van der Waals surface area contributed by atoms with Crippen molar-refractivity contribution in [1.82, 2.24) is 10.1 Å². The summed E-state index contributed by atoms with van der Waals surface area (Å²) in [6.45, 7) is 3.33. The number of nitrogens with zero attached hydrogens (tertiary/aromatic N) is 2. The summed E-state index contributed by atoms with van der Waals surface area (Å²) in [4.78, 5) is 15.8. The molecule has 1 saturated carbocycles. The second-order valence-corrected chi connectivity index (χ2v) is 5.24. The van der Waals surface area contributed by atoms with Crippen LogP contribution in [0.5, 0.6) is 0 Å². The van der Waals surface area contributed by atoms with Crippen LogP contribution < -0.4 is 0 Å². The molecule has 0 radical (unpaired) electrons. The minimum absolute atomic E-state index is 0.0414. The predicted molar refractivity (Wildman–Crippen MR) is 69.9 cm³/mol. The molecule has 0 saturated heterocycles. The van der Waals surface area contributed by atoms with E-state index in [9.17, 15) is 4.79 Å². The fourth-order valence-corrected chi connectivity index (χ4v) is 2.30. The lowest BCUT2D eigenvalue weighted by Gasteiger charge is -2.10. The molecule has 1 aliphatic carbocycles. The Kier molecular flexibility index (Phi) is 2.73. The van der Waals surface area contributed by atoms with Gasteiger partial charge in [0.25, 0.3) is 0 Å². The van der Waals surface area contributed by atoms with Crippen LogP contribution in [-0.2, 0) is 10.2 Å². The number of carbonyl (C=O) groups excluding carboxylic acids is 1. The van der Waals surface area contributed by atoms with Crippen molar-refractivity contribution in [3.63, 3.8) is 0 Å². The molecule has 1 atom stereocenters. The summed E-state index contributed by atoms with van der Waals surface area (Å²) in [5.41, 5.74) is 1.12. The molecule has 1 fully saturated rings. The Bertz CT molecular complexity index is 600. The van der Waals surface area contributed by atoms with Crippen molar-refractivity contribution in [2.75, 3.05) is 0 Å². The van der Waals surface area contributed by atoms with Gasteiger partial charge in [0, 0.05) is 0 Å². The molecule has 0 spiro atoms. The first-order valence-corrected chi connectivity index (χ1v) is 6.53. The highest BCUT2D eigenvalue weighted by Gasteiger charge is 2.50. The molecule has 1 aromatic heterocycles. The maximum absolute atomic E-state index is 11.4. The highest BCUT2D eigenvalue weighted by atomic mass is 16.5. The van der Waals surface area contributed by atoms with Gasteiger partial charge in [0.1, 0.15) is 5.78 Å². The van der Waals surface area contributed by atoms with Crippen molar-refractivity contribution in [2.45, 2.75) is 38.0 Å². The molecule has 4 nitrogen and oxygen atoms in total. The number of ketones is 1. The van der Waals surface area contributed by atoms with Gasteiger partial charge < -0.3 is 4.52 Å². The second-order valence-electron chi connectivity index (χ2n) is 5.24. The van der Waals surface area contributed by atoms with Gasteiger partial charge in [-0.1, -0.05) is 35.5 Å². The molecular weight excluding hydrogens is 240 g/mol. The maximum Gasteiger partial charge on any atom is 0.236 e. The van der Waals surface area contributed by atoms with Crippen molar-refractivity contribution in [1.29, 1.82) is 0 Å². The van der Waals surface area contributed by atoms with Crippen LogP contribution in [0.25, 0.3) is 0 Å². The standard InChI is InChI=1S/C15H16N2O2/c1-10(11(2)18)13-16-14(17-19-13)15(8-9-15)12-6-4-3-5-7-12/h3-7,10H,8-9H2,1-2H3. The van der Waals surface area contributed by atoms with E-state index in [2.05, 4.69) is 22.3 Å². The number of Topliss-reactive ketones (excluding diaryl/α,β-unsaturated/α-hetero) is 1. The fourth-order valence-electron chi connectivity index (χ4n) is 2.30.